The molecule has 0 atom stereocenters. The third-order valence-corrected chi connectivity index (χ3v) is 2.75. The number of para-hydroxylation sites is 1. The average molecular weight is 293 g/mol. The molecule has 0 aromatic heterocycles. The van der Waals surface area contributed by atoms with E-state index in [0.29, 0.717) is 23.7 Å². The van der Waals surface area contributed by atoms with Gasteiger partial charge in [-0.3, -0.25) is 4.79 Å². The zero-order chi connectivity index (χ0) is 15.8. The fourth-order valence-electron chi connectivity index (χ4n) is 1.66. The van der Waals surface area contributed by atoms with Crippen LogP contribution in [0.2, 0.25) is 0 Å². The van der Waals surface area contributed by atoms with E-state index in [1.54, 1.807) is 25.1 Å². The first-order valence-corrected chi connectivity index (χ1v) is 7.01. The van der Waals surface area contributed by atoms with Gasteiger partial charge in [0.25, 0.3) is 0 Å². The smallest absolute Gasteiger partial charge is 0.340 e. The number of nitrogens with two attached hydrogens (primary N) is 1. The quantitative estimate of drug-likeness (QED) is 0.525. The Morgan fingerprint density at radius 3 is 2.67 bits per heavy atom. The van der Waals surface area contributed by atoms with E-state index in [1.807, 2.05) is 13.8 Å². The number of carbonyl (C=O) groups is 2. The first-order chi connectivity index (χ1) is 9.95. The maximum atomic E-state index is 11.7. The average Bonchev–Trinajstić information content (AvgIpc) is 2.44. The molecule has 0 aliphatic rings. The van der Waals surface area contributed by atoms with Crippen molar-refractivity contribution >= 4 is 23.3 Å². The van der Waals surface area contributed by atoms with Crippen molar-refractivity contribution in [1.82, 2.24) is 5.32 Å². The van der Waals surface area contributed by atoms with E-state index in [2.05, 4.69) is 10.6 Å². The maximum Gasteiger partial charge on any atom is 0.340 e. The van der Waals surface area contributed by atoms with Gasteiger partial charge in [0.2, 0.25) is 5.91 Å². The first kappa shape index (κ1) is 16.8. The van der Waals surface area contributed by atoms with Crippen LogP contribution < -0.4 is 16.4 Å². The predicted octanol–water partition coefficient (Wildman–Crippen LogP) is 1.63. The Morgan fingerprint density at radius 1 is 1.33 bits per heavy atom. The summed E-state index contributed by atoms with van der Waals surface area (Å²) in [5.41, 5.74) is 7.05. The molecule has 1 amide bonds. The Hall–Kier alpha value is -2.24. The van der Waals surface area contributed by atoms with Gasteiger partial charge in [0.1, 0.15) is 0 Å². The summed E-state index contributed by atoms with van der Waals surface area (Å²) >= 11 is 0. The van der Waals surface area contributed by atoms with Crippen molar-refractivity contribution in [1.29, 1.82) is 0 Å². The van der Waals surface area contributed by atoms with Crippen molar-refractivity contribution in [2.75, 3.05) is 30.7 Å². The Kier molecular flexibility index (Phi) is 6.52. The predicted molar refractivity (Wildman–Crippen MR) is 83.1 cm³/mol. The summed E-state index contributed by atoms with van der Waals surface area (Å²) in [5, 5.41) is 5.72. The zero-order valence-electron chi connectivity index (χ0n) is 12.7. The second kappa shape index (κ2) is 8.14. The Balaban J connectivity index is 2.66. The summed E-state index contributed by atoms with van der Waals surface area (Å²) in [6, 6.07) is 5.00. The number of ether oxygens (including phenoxy) is 1. The lowest BCUT2D eigenvalue weighted by molar-refractivity contribution is -0.119. The molecular weight excluding hydrogens is 270 g/mol. The molecule has 21 heavy (non-hydrogen) atoms. The van der Waals surface area contributed by atoms with E-state index in [-0.39, 0.29) is 24.7 Å². The fraction of sp³-hybridized carbons (Fsp3) is 0.467. The molecule has 0 bridgehead atoms. The van der Waals surface area contributed by atoms with Crippen LogP contribution in [0.15, 0.2) is 18.2 Å². The highest BCUT2D eigenvalue weighted by atomic mass is 16.5. The molecule has 0 saturated heterocycles. The van der Waals surface area contributed by atoms with Gasteiger partial charge in [-0.15, -0.1) is 0 Å². The summed E-state index contributed by atoms with van der Waals surface area (Å²) in [6.07, 6.45) is 0. The van der Waals surface area contributed by atoms with Crippen LogP contribution >= 0.6 is 0 Å². The molecule has 1 aromatic carbocycles. The molecule has 0 aliphatic heterocycles. The minimum atomic E-state index is -0.470. The van der Waals surface area contributed by atoms with Crippen molar-refractivity contribution in [3.8, 4) is 0 Å². The molecule has 0 saturated carbocycles. The van der Waals surface area contributed by atoms with Crippen LogP contribution in [0.3, 0.4) is 0 Å². The van der Waals surface area contributed by atoms with Crippen LogP contribution in [0.5, 0.6) is 0 Å². The topological polar surface area (TPSA) is 93.4 Å². The molecule has 1 rings (SSSR count). The normalized spacial score (nSPS) is 10.3. The number of anilines is 2. The largest absolute Gasteiger partial charge is 0.462 e. The maximum absolute atomic E-state index is 11.7. The van der Waals surface area contributed by atoms with Crippen molar-refractivity contribution in [2.24, 2.45) is 5.92 Å². The highest BCUT2D eigenvalue weighted by Gasteiger charge is 2.13. The zero-order valence-corrected chi connectivity index (χ0v) is 12.7. The van der Waals surface area contributed by atoms with Crippen molar-refractivity contribution in [3.63, 3.8) is 0 Å². The van der Waals surface area contributed by atoms with Gasteiger partial charge < -0.3 is 21.1 Å². The molecule has 0 fully saturated rings. The lowest BCUT2D eigenvalue weighted by atomic mass is 10.1. The minimum absolute atomic E-state index is 0.100. The van der Waals surface area contributed by atoms with Crippen LogP contribution in [0.25, 0.3) is 0 Å². The molecule has 1 aromatic rings. The SMILES string of the molecule is CCOC(=O)c1cccc(NCC(=O)NCC(C)C)c1N. The highest BCUT2D eigenvalue weighted by molar-refractivity contribution is 5.98. The van der Waals surface area contributed by atoms with Crippen molar-refractivity contribution in [2.45, 2.75) is 20.8 Å². The van der Waals surface area contributed by atoms with Crippen LogP contribution in [0.1, 0.15) is 31.1 Å². The van der Waals surface area contributed by atoms with Gasteiger partial charge in [0.15, 0.2) is 0 Å². The molecule has 0 radical (unpaired) electrons. The summed E-state index contributed by atoms with van der Waals surface area (Å²) in [6.45, 7) is 6.79. The number of nitrogens with one attached hydrogen (secondary N) is 2. The molecule has 0 unspecified atom stereocenters. The van der Waals surface area contributed by atoms with Crippen molar-refractivity contribution in [3.05, 3.63) is 23.8 Å². The van der Waals surface area contributed by atoms with E-state index >= 15 is 0 Å². The van der Waals surface area contributed by atoms with Crippen molar-refractivity contribution < 1.29 is 14.3 Å². The van der Waals surface area contributed by atoms with Crippen LogP contribution in [-0.2, 0) is 9.53 Å². The third kappa shape index (κ3) is 5.33. The lowest BCUT2D eigenvalue weighted by Crippen LogP contribution is -2.32. The van der Waals surface area contributed by atoms with Gasteiger partial charge in [-0.1, -0.05) is 19.9 Å². The monoisotopic (exact) mass is 293 g/mol. The number of amides is 1. The number of hydrogen-bond donors (Lipinski definition) is 3. The standard InChI is InChI=1S/C15H23N3O3/c1-4-21-15(20)11-6-5-7-12(14(11)16)17-9-13(19)18-8-10(2)3/h5-7,10,17H,4,8-9,16H2,1-3H3,(H,18,19). The number of esters is 1. The van der Waals surface area contributed by atoms with Gasteiger partial charge in [0, 0.05) is 6.54 Å². The molecule has 116 valence electrons. The van der Waals surface area contributed by atoms with E-state index in [9.17, 15) is 9.59 Å². The molecule has 0 aliphatic carbocycles. The van der Waals surface area contributed by atoms with Gasteiger partial charge >= 0.3 is 5.97 Å². The molecule has 6 heteroatoms. The number of nitrogen functional groups attached to an aromatic ring is 1. The number of rotatable bonds is 7. The molecule has 0 heterocycles. The molecule has 0 spiro atoms. The second-order valence-corrected chi connectivity index (χ2v) is 5.04. The molecular formula is C15H23N3O3. The summed E-state index contributed by atoms with van der Waals surface area (Å²) in [7, 11) is 0. The minimum Gasteiger partial charge on any atom is -0.462 e. The lowest BCUT2D eigenvalue weighted by Gasteiger charge is -2.13. The summed E-state index contributed by atoms with van der Waals surface area (Å²) in [4.78, 5) is 23.4. The number of carbonyl (C=O) groups excluding carboxylic acids is 2. The van der Waals surface area contributed by atoms with Crippen LogP contribution in [0, 0.1) is 5.92 Å². The molecule has 6 nitrogen and oxygen atoms in total. The second-order valence-electron chi connectivity index (χ2n) is 5.04. The summed E-state index contributed by atoms with van der Waals surface area (Å²) < 4.78 is 4.93. The number of hydrogen-bond acceptors (Lipinski definition) is 5. The number of benzene rings is 1. The third-order valence-electron chi connectivity index (χ3n) is 2.75. The fourth-order valence-corrected chi connectivity index (χ4v) is 1.66. The van der Waals surface area contributed by atoms with E-state index < -0.39 is 5.97 Å². The Morgan fingerprint density at radius 2 is 2.05 bits per heavy atom. The van der Waals surface area contributed by atoms with E-state index in [4.69, 9.17) is 10.5 Å². The Bertz CT molecular complexity index is 501. The van der Waals surface area contributed by atoms with Crippen LogP contribution in [0.4, 0.5) is 11.4 Å². The van der Waals surface area contributed by atoms with Gasteiger partial charge in [-0.25, -0.2) is 4.79 Å². The first-order valence-electron chi connectivity index (χ1n) is 7.01. The van der Waals surface area contributed by atoms with Gasteiger partial charge in [-0.05, 0) is 25.0 Å². The van der Waals surface area contributed by atoms with Crippen LogP contribution in [-0.4, -0.2) is 31.6 Å². The molecule has 4 N–H and O–H groups in total. The summed E-state index contributed by atoms with van der Waals surface area (Å²) in [5.74, 6) is -0.196. The highest BCUT2D eigenvalue weighted by Crippen LogP contribution is 2.23. The van der Waals surface area contributed by atoms with E-state index in [1.165, 1.54) is 0 Å². The van der Waals surface area contributed by atoms with Gasteiger partial charge in [-0.2, -0.15) is 0 Å². The van der Waals surface area contributed by atoms with Gasteiger partial charge in [0.05, 0.1) is 30.1 Å². The Labute approximate surface area is 125 Å². The van der Waals surface area contributed by atoms with E-state index in [0.717, 1.165) is 0 Å².